The van der Waals surface area contributed by atoms with E-state index in [1.807, 2.05) is 24.3 Å². The lowest BCUT2D eigenvalue weighted by Gasteiger charge is -2.18. The van der Waals surface area contributed by atoms with E-state index in [-0.39, 0.29) is 5.41 Å². The van der Waals surface area contributed by atoms with Crippen LogP contribution in [0.2, 0.25) is 0 Å². The van der Waals surface area contributed by atoms with Crippen LogP contribution in [0, 0.1) is 6.92 Å². The summed E-state index contributed by atoms with van der Waals surface area (Å²) in [6, 6.07) is 12.1. The van der Waals surface area contributed by atoms with Gasteiger partial charge >= 0.3 is 0 Å². The summed E-state index contributed by atoms with van der Waals surface area (Å²) in [5.41, 5.74) is 4.22. The van der Waals surface area contributed by atoms with Crippen LogP contribution in [-0.2, 0) is 12.0 Å². The minimum Gasteiger partial charge on any atom is -0.469 e. The average Bonchev–Trinajstić information content (AvgIpc) is 2.86. The van der Waals surface area contributed by atoms with Gasteiger partial charge in [-0.15, -0.1) is 0 Å². The number of nitrogens with zero attached hydrogens (tertiary/aromatic N) is 2. The molecule has 0 bridgehead atoms. The number of pyridine rings is 1. The summed E-state index contributed by atoms with van der Waals surface area (Å²) in [5, 5.41) is 0. The molecule has 0 aliphatic rings. The van der Waals surface area contributed by atoms with Crippen molar-refractivity contribution in [2.45, 2.75) is 39.7 Å². The van der Waals surface area contributed by atoms with Crippen LogP contribution in [0.3, 0.4) is 0 Å². The van der Waals surface area contributed by atoms with Gasteiger partial charge in [0.25, 0.3) is 0 Å². The number of imidazole rings is 1. The zero-order valence-electron chi connectivity index (χ0n) is 13.5. The molecule has 22 heavy (non-hydrogen) atoms. The summed E-state index contributed by atoms with van der Waals surface area (Å²) in [5.74, 6) is 1.44. The summed E-state index contributed by atoms with van der Waals surface area (Å²) in [4.78, 5) is 12.4. The molecule has 0 saturated heterocycles. The molecule has 4 heteroatoms. The largest absolute Gasteiger partial charge is 0.469 e. The predicted octanol–water partition coefficient (Wildman–Crippen LogP) is 4.14. The van der Waals surface area contributed by atoms with Crippen molar-refractivity contribution >= 4 is 11.0 Å². The van der Waals surface area contributed by atoms with E-state index in [1.165, 1.54) is 5.56 Å². The molecule has 0 fully saturated rings. The zero-order chi connectivity index (χ0) is 15.7. The lowest BCUT2D eigenvalue weighted by atomic mass is 9.92. The Morgan fingerprint density at radius 3 is 2.68 bits per heavy atom. The number of aryl methyl sites for hydroxylation is 1. The fourth-order valence-electron chi connectivity index (χ4n) is 2.29. The molecule has 0 saturated carbocycles. The van der Waals surface area contributed by atoms with Crippen LogP contribution in [0.4, 0.5) is 0 Å². The molecule has 3 aromatic rings. The molecule has 0 aliphatic carbocycles. The minimum absolute atomic E-state index is 0.0102. The van der Waals surface area contributed by atoms with Gasteiger partial charge in [0.05, 0.1) is 11.0 Å². The molecule has 4 nitrogen and oxygen atoms in total. The van der Waals surface area contributed by atoms with Crippen molar-refractivity contribution in [3.8, 4) is 5.88 Å². The van der Waals surface area contributed by atoms with Crippen LogP contribution in [0.5, 0.6) is 5.88 Å². The van der Waals surface area contributed by atoms with Crippen molar-refractivity contribution in [3.63, 3.8) is 0 Å². The third-order valence-corrected chi connectivity index (χ3v) is 3.54. The Balaban J connectivity index is 1.76. The van der Waals surface area contributed by atoms with E-state index in [0.29, 0.717) is 12.5 Å². The quantitative estimate of drug-likeness (QED) is 0.790. The van der Waals surface area contributed by atoms with Crippen LogP contribution in [0.15, 0.2) is 36.4 Å². The molecule has 0 unspecified atom stereocenters. The highest BCUT2D eigenvalue weighted by molar-refractivity contribution is 5.75. The van der Waals surface area contributed by atoms with Gasteiger partial charge in [0.1, 0.15) is 12.4 Å². The molecule has 0 aliphatic heterocycles. The number of ether oxygens (including phenoxy) is 1. The Labute approximate surface area is 130 Å². The Morgan fingerprint density at radius 1 is 1.09 bits per heavy atom. The molecule has 0 amide bonds. The summed E-state index contributed by atoms with van der Waals surface area (Å²) in [6.07, 6.45) is 0. The zero-order valence-corrected chi connectivity index (χ0v) is 13.5. The van der Waals surface area contributed by atoms with Crippen molar-refractivity contribution in [1.82, 2.24) is 15.0 Å². The van der Waals surface area contributed by atoms with Gasteiger partial charge in [0, 0.05) is 17.2 Å². The first-order chi connectivity index (χ1) is 10.4. The first-order valence-electron chi connectivity index (χ1n) is 7.47. The number of hydrogen-bond donors (Lipinski definition) is 1. The number of benzene rings is 1. The van der Waals surface area contributed by atoms with Gasteiger partial charge in [-0.3, -0.25) is 0 Å². The Bertz CT molecular complexity index is 799. The van der Waals surface area contributed by atoms with Crippen LogP contribution in [0.1, 0.15) is 37.9 Å². The third kappa shape index (κ3) is 3.11. The average molecular weight is 295 g/mol. The second kappa shape index (κ2) is 5.44. The molecule has 1 N–H and O–H groups in total. The Morgan fingerprint density at radius 2 is 1.91 bits per heavy atom. The second-order valence-electron chi connectivity index (χ2n) is 6.60. The van der Waals surface area contributed by atoms with Crippen LogP contribution >= 0.6 is 0 Å². The van der Waals surface area contributed by atoms with E-state index in [4.69, 9.17) is 4.74 Å². The monoisotopic (exact) mass is 295 g/mol. The van der Waals surface area contributed by atoms with Gasteiger partial charge in [-0.05, 0) is 30.7 Å². The normalized spacial score (nSPS) is 11.8. The number of aromatic amines is 1. The smallest absolute Gasteiger partial charge is 0.213 e. The van der Waals surface area contributed by atoms with Gasteiger partial charge in [-0.25, -0.2) is 9.97 Å². The third-order valence-electron chi connectivity index (χ3n) is 3.54. The number of rotatable bonds is 3. The van der Waals surface area contributed by atoms with Crippen molar-refractivity contribution in [2.75, 3.05) is 0 Å². The lowest BCUT2D eigenvalue weighted by Crippen LogP contribution is -2.13. The SMILES string of the molecule is Cc1ccc2[nH]c(COc3cccc(C(C)(C)C)n3)nc2c1. The Kier molecular flexibility index (Phi) is 3.61. The lowest BCUT2D eigenvalue weighted by molar-refractivity contribution is 0.283. The van der Waals surface area contributed by atoms with E-state index < -0.39 is 0 Å². The van der Waals surface area contributed by atoms with Crippen LogP contribution in [-0.4, -0.2) is 15.0 Å². The van der Waals surface area contributed by atoms with Crippen molar-refractivity contribution < 1.29 is 4.74 Å². The van der Waals surface area contributed by atoms with Crippen molar-refractivity contribution in [2.24, 2.45) is 0 Å². The maximum absolute atomic E-state index is 5.78. The first-order valence-corrected chi connectivity index (χ1v) is 7.47. The van der Waals surface area contributed by atoms with Gasteiger partial charge in [0.2, 0.25) is 5.88 Å². The molecule has 3 rings (SSSR count). The van der Waals surface area contributed by atoms with E-state index in [9.17, 15) is 0 Å². The van der Waals surface area contributed by atoms with Gasteiger partial charge in [0.15, 0.2) is 0 Å². The maximum atomic E-state index is 5.78. The number of hydrogen-bond acceptors (Lipinski definition) is 3. The molecular weight excluding hydrogens is 274 g/mol. The van der Waals surface area contributed by atoms with E-state index in [2.05, 4.69) is 54.8 Å². The predicted molar refractivity (Wildman–Crippen MR) is 88.1 cm³/mol. The summed E-state index contributed by atoms with van der Waals surface area (Å²) >= 11 is 0. The van der Waals surface area contributed by atoms with Gasteiger partial charge < -0.3 is 9.72 Å². The van der Waals surface area contributed by atoms with E-state index in [0.717, 1.165) is 22.6 Å². The van der Waals surface area contributed by atoms with Crippen LogP contribution in [0.25, 0.3) is 11.0 Å². The summed E-state index contributed by atoms with van der Waals surface area (Å²) in [6.45, 7) is 8.86. The molecular formula is C18H21N3O. The fourth-order valence-corrected chi connectivity index (χ4v) is 2.29. The number of fused-ring (bicyclic) bond motifs is 1. The molecule has 2 aromatic heterocycles. The first kappa shape index (κ1) is 14.6. The fraction of sp³-hybridized carbons (Fsp3) is 0.333. The number of aromatic nitrogens is 3. The topological polar surface area (TPSA) is 50.8 Å². The molecule has 0 radical (unpaired) electrons. The van der Waals surface area contributed by atoms with Gasteiger partial charge in [-0.1, -0.05) is 32.9 Å². The number of H-pyrrole nitrogens is 1. The van der Waals surface area contributed by atoms with Crippen LogP contribution < -0.4 is 4.74 Å². The molecule has 2 heterocycles. The van der Waals surface area contributed by atoms with Crippen molar-refractivity contribution in [3.05, 3.63) is 53.5 Å². The maximum Gasteiger partial charge on any atom is 0.213 e. The number of nitrogens with one attached hydrogen (secondary N) is 1. The van der Waals surface area contributed by atoms with E-state index >= 15 is 0 Å². The Hall–Kier alpha value is -2.36. The van der Waals surface area contributed by atoms with E-state index in [1.54, 1.807) is 0 Å². The summed E-state index contributed by atoms with van der Waals surface area (Å²) in [7, 11) is 0. The molecule has 1 aromatic carbocycles. The van der Waals surface area contributed by atoms with Crippen molar-refractivity contribution in [1.29, 1.82) is 0 Å². The van der Waals surface area contributed by atoms with Gasteiger partial charge in [-0.2, -0.15) is 0 Å². The summed E-state index contributed by atoms with van der Waals surface area (Å²) < 4.78 is 5.78. The standard InChI is InChI=1S/C18H21N3O/c1-12-8-9-13-14(10-12)20-16(19-13)11-22-17-7-5-6-15(21-17)18(2,3)4/h5-10H,11H2,1-4H3,(H,19,20). The second-order valence-corrected chi connectivity index (χ2v) is 6.60. The minimum atomic E-state index is 0.0102. The molecule has 0 atom stereocenters. The molecule has 114 valence electrons. The highest BCUT2D eigenvalue weighted by Gasteiger charge is 2.15. The molecule has 0 spiro atoms. The highest BCUT2D eigenvalue weighted by atomic mass is 16.5. The highest BCUT2D eigenvalue weighted by Crippen LogP contribution is 2.22.